The maximum absolute atomic E-state index is 12.0. The zero-order valence-electron chi connectivity index (χ0n) is 41.9. The molecule has 0 spiro atoms. The number of hydrogen-bond acceptors (Lipinski definition) is 14. The van der Waals surface area contributed by atoms with E-state index in [4.69, 9.17) is 19.3 Å². The van der Waals surface area contributed by atoms with E-state index in [-0.39, 0.29) is 36.1 Å². The van der Waals surface area contributed by atoms with Gasteiger partial charge in [-0.3, -0.25) is 24.1 Å². The van der Waals surface area contributed by atoms with Crippen molar-refractivity contribution in [2.24, 2.45) is 16.8 Å². The SMILES string of the molecule is CCCCCCCCCN(CCC)CCNCC(C)C(=O)OCC.CCCCCCCCCN(CCN=Cc1c(COP(=O)(O)O)cnc(C)c1O)CCNCC(C)C(=O)OC[C@@H](C)O. The van der Waals surface area contributed by atoms with Gasteiger partial charge in [-0.2, -0.15) is 0 Å². The van der Waals surface area contributed by atoms with Gasteiger partial charge in [-0.15, -0.1) is 0 Å². The molecule has 65 heavy (non-hydrogen) atoms. The van der Waals surface area contributed by atoms with E-state index < -0.39 is 20.5 Å². The van der Waals surface area contributed by atoms with E-state index in [1.54, 1.807) is 20.8 Å². The lowest BCUT2D eigenvalue weighted by atomic mass is 10.1. The number of aliphatic imine (C=N–C) groups is 1. The number of aliphatic hydroxyl groups is 1. The average molecular weight is 945 g/mol. The predicted octanol–water partition coefficient (Wildman–Crippen LogP) is 7.56. The van der Waals surface area contributed by atoms with Crippen molar-refractivity contribution in [1.29, 1.82) is 0 Å². The van der Waals surface area contributed by atoms with Gasteiger partial charge in [0.15, 0.2) is 0 Å². The number of unbranched alkanes of at least 4 members (excludes halogenated alkanes) is 12. The van der Waals surface area contributed by atoms with E-state index in [2.05, 4.69) is 55.7 Å². The molecule has 17 heteroatoms. The van der Waals surface area contributed by atoms with Crippen LogP contribution in [0.2, 0.25) is 0 Å². The molecule has 0 aliphatic carbocycles. The van der Waals surface area contributed by atoms with Crippen LogP contribution in [0.25, 0.3) is 0 Å². The van der Waals surface area contributed by atoms with Crippen molar-refractivity contribution in [3.8, 4) is 5.75 Å². The molecule has 3 atom stereocenters. The second-order valence-corrected chi connectivity index (χ2v) is 18.5. The lowest BCUT2D eigenvalue weighted by Gasteiger charge is -2.22. The fraction of sp³-hybridized carbons (Fsp3) is 0.833. The van der Waals surface area contributed by atoms with Crippen LogP contribution in [0.5, 0.6) is 5.75 Å². The molecular weight excluding hydrogens is 852 g/mol. The Hall–Kier alpha value is -2.53. The maximum atomic E-state index is 12.0. The maximum Gasteiger partial charge on any atom is 0.469 e. The molecule has 6 N–H and O–H groups in total. The summed E-state index contributed by atoms with van der Waals surface area (Å²) in [5.74, 6) is -0.931. The van der Waals surface area contributed by atoms with E-state index >= 15 is 0 Å². The summed E-state index contributed by atoms with van der Waals surface area (Å²) in [6.07, 6.45) is 21.5. The monoisotopic (exact) mass is 945 g/mol. The van der Waals surface area contributed by atoms with Crippen molar-refractivity contribution >= 4 is 26.0 Å². The highest BCUT2D eigenvalue weighted by Crippen LogP contribution is 2.37. The normalized spacial score (nSPS) is 13.2. The second kappa shape index (κ2) is 40.5. The van der Waals surface area contributed by atoms with Crippen molar-refractivity contribution in [3.05, 3.63) is 23.0 Å². The van der Waals surface area contributed by atoms with Crippen LogP contribution in [-0.2, 0) is 34.8 Å². The van der Waals surface area contributed by atoms with Crippen molar-refractivity contribution < 1.29 is 48.2 Å². The fourth-order valence-corrected chi connectivity index (χ4v) is 7.21. The molecule has 0 saturated heterocycles. The van der Waals surface area contributed by atoms with Crippen LogP contribution >= 0.6 is 7.82 Å². The number of esters is 2. The number of aromatic nitrogens is 1. The number of aryl methyl sites for hydroxylation is 1. The Bertz CT molecular complexity index is 1420. The number of carbonyl (C=O) groups excluding carboxylic acids is 2. The molecular formula is C48H93N6O10P. The number of phosphoric ester groups is 1. The van der Waals surface area contributed by atoms with Crippen LogP contribution in [0.3, 0.4) is 0 Å². The molecule has 1 rings (SSSR count). The minimum atomic E-state index is -4.68. The summed E-state index contributed by atoms with van der Waals surface area (Å²) >= 11 is 0. The van der Waals surface area contributed by atoms with Crippen molar-refractivity contribution in [1.82, 2.24) is 25.4 Å². The highest BCUT2D eigenvalue weighted by Gasteiger charge is 2.18. The third-order valence-corrected chi connectivity index (χ3v) is 11.3. The molecule has 1 aromatic heterocycles. The molecule has 0 saturated carbocycles. The summed E-state index contributed by atoms with van der Waals surface area (Å²) in [5.41, 5.74) is 1.02. The van der Waals surface area contributed by atoms with Gasteiger partial charge < -0.3 is 49.9 Å². The lowest BCUT2D eigenvalue weighted by molar-refractivity contribution is -0.150. The summed E-state index contributed by atoms with van der Waals surface area (Å²) in [4.78, 5) is 55.0. The van der Waals surface area contributed by atoms with Crippen molar-refractivity contribution in [2.75, 3.05) is 85.2 Å². The Kier molecular flexibility index (Phi) is 39.0. The quantitative estimate of drug-likeness (QED) is 0.0162. The highest BCUT2D eigenvalue weighted by molar-refractivity contribution is 7.46. The van der Waals surface area contributed by atoms with Crippen LogP contribution in [-0.4, -0.2) is 144 Å². The standard InChI is InChI=1S/C28H51N4O8P.C20H42N2O2/c1-5-6-7-8-9-10-11-14-32(15-12-29-17-22(2)28(35)39-20-23(3)33)16-13-30-19-26-25(21-40-41(36,37)38)18-31-24(4)27(26)34;1-5-8-9-10-11-12-13-16-22(15-6-2)17-14-21-18-19(4)20(23)24-7-3/h18-19,22-23,29,33-34H,5-17,20-21H2,1-4H3,(H2,36,37,38);19,21H,5-18H2,1-4H3/t22?,23-;/m1./s1. The summed E-state index contributed by atoms with van der Waals surface area (Å²) in [6.45, 7) is 24.6. The first-order chi connectivity index (χ1) is 31.1. The molecule has 16 nitrogen and oxygen atoms in total. The molecule has 2 unspecified atom stereocenters. The first-order valence-corrected chi connectivity index (χ1v) is 26.4. The third kappa shape index (κ3) is 35.3. The van der Waals surface area contributed by atoms with Gasteiger partial charge in [0.1, 0.15) is 12.4 Å². The number of nitrogens with one attached hydrogen (secondary N) is 2. The second-order valence-electron chi connectivity index (χ2n) is 17.3. The summed E-state index contributed by atoms with van der Waals surface area (Å²) in [6, 6.07) is 0. The number of carbonyl (C=O) groups is 2. The predicted molar refractivity (Wildman–Crippen MR) is 262 cm³/mol. The topological polar surface area (TPSA) is 216 Å². The molecule has 0 amide bonds. The first-order valence-electron chi connectivity index (χ1n) is 24.8. The molecule has 380 valence electrons. The van der Waals surface area contributed by atoms with E-state index in [1.165, 1.54) is 109 Å². The zero-order valence-corrected chi connectivity index (χ0v) is 42.8. The van der Waals surface area contributed by atoms with Gasteiger partial charge in [-0.25, -0.2) is 4.57 Å². The molecule has 0 aliphatic heterocycles. The Morgan fingerprint density at radius 1 is 0.738 bits per heavy atom. The Balaban J connectivity index is 0.00000145. The van der Waals surface area contributed by atoms with Crippen molar-refractivity contribution in [2.45, 2.75) is 164 Å². The average Bonchev–Trinajstić information content (AvgIpc) is 3.26. The van der Waals surface area contributed by atoms with Gasteiger partial charge in [-0.1, -0.05) is 112 Å². The van der Waals surface area contributed by atoms with Gasteiger partial charge in [0, 0.05) is 69.4 Å². The van der Waals surface area contributed by atoms with E-state index in [0.29, 0.717) is 56.2 Å². The smallest absolute Gasteiger partial charge is 0.469 e. The third-order valence-electron chi connectivity index (χ3n) is 10.9. The zero-order chi connectivity index (χ0) is 48.7. The molecule has 0 fully saturated rings. The minimum Gasteiger partial charge on any atom is -0.505 e. The molecule has 0 radical (unpaired) electrons. The van der Waals surface area contributed by atoms with Crippen LogP contribution in [0.1, 0.15) is 162 Å². The number of rotatable bonds is 40. The number of aromatic hydroxyl groups is 1. The summed E-state index contributed by atoms with van der Waals surface area (Å²) in [5, 5.41) is 26.5. The number of ether oxygens (including phenoxy) is 2. The summed E-state index contributed by atoms with van der Waals surface area (Å²) < 4.78 is 25.8. The van der Waals surface area contributed by atoms with Gasteiger partial charge in [-0.05, 0) is 59.7 Å². The van der Waals surface area contributed by atoms with Gasteiger partial charge in [0.05, 0.1) is 43.4 Å². The molecule has 1 heterocycles. The minimum absolute atomic E-state index is 0.00899. The molecule has 0 bridgehead atoms. The van der Waals surface area contributed by atoms with Crippen LogP contribution in [0.15, 0.2) is 11.2 Å². The van der Waals surface area contributed by atoms with E-state index in [0.717, 1.165) is 39.0 Å². The van der Waals surface area contributed by atoms with Crippen molar-refractivity contribution in [3.63, 3.8) is 0 Å². The fourth-order valence-electron chi connectivity index (χ4n) is 6.90. The number of aliphatic hydroxyl groups excluding tert-OH is 1. The number of phosphoric acid groups is 1. The molecule has 1 aromatic rings. The number of nitrogens with zero attached hydrogens (tertiary/aromatic N) is 4. The van der Waals surface area contributed by atoms with E-state index in [9.17, 15) is 24.4 Å². The van der Waals surface area contributed by atoms with Crippen LogP contribution in [0, 0.1) is 18.8 Å². The Labute approximate surface area is 393 Å². The van der Waals surface area contributed by atoms with Gasteiger partial charge in [0.2, 0.25) is 0 Å². The molecule has 0 aromatic carbocycles. The Morgan fingerprint density at radius 2 is 1.23 bits per heavy atom. The van der Waals surface area contributed by atoms with E-state index in [1.807, 2.05) is 13.8 Å². The van der Waals surface area contributed by atoms with Crippen LogP contribution in [0.4, 0.5) is 0 Å². The van der Waals surface area contributed by atoms with Crippen LogP contribution < -0.4 is 10.6 Å². The van der Waals surface area contributed by atoms with Gasteiger partial charge >= 0.3 is 19.8 Å². The summed E-state index contributed by atoms with van der Waals surface area (Å²) in [7, 11) is -4.68. The largest absolute Gasteiger partial charge is 0.505 e. The van der Waals surface area contributed by atoms with Gasteiger partial charge in [0.25, 0.3) is 0 Å². The molecule has 0 aliphatic rings. The Morgan fingerprint density at radius 3 is 1.71 bits per heavy atom. The highest BCUT2D eigenvalue weighted by atomic mass is 31.2. The first kappa shape index (κ1) is 62.5. The lowest BCUT2D eigenvalue weighted by Crippen LogP contribution is -2.37. The number of pyridine rings is 1. The number of hydrogen-bond donors (Lipinski definition) is 6.